The van der Waals surface area contributed by atoms with Gasteiger partial charge in [-0.3, -0.25) is 9.89 Å². The quantitative estimate of drug-likeness (QED) is 0.352. The Labute approximate surface area is 171 Å². The maximum absolute atomic E-state index is 12.5. The second-order valence-electron chi connectivity index (χ2n) is 7.86. The smallest absolute Gasteiger partial charge is 0.378 e. The Balaban J connectivity index is 0.00000338. The van der Waals surface area contributed by atoms with Crippen molar-refractivity contribution in [3.05, 3.63) is 0 Å². The number of rotatable bonds is 5. The molecule has 0 bridgehead atoms. The van der Waals surface area contributed by atoms with Crippen molar-refractivity contribution in [2.75, 3.05) is 33.3 Å². The fourth-order valence-electron chi connectivity index (χ4n) is 3.72. The fraction of sp³-hybridized carbons (Fsp3) is 0.941. The summed E-state index contributed by atoms with van der Waals surface area (Å²) in [7, 11) is 1.73. The van der Waals surface area contributed by atoms with Crippen LogP contribution in [0.15, 0.2) is 4.99 Å². The van der Waals surface area contributed by atoms with Crippen LogP contribution in [-0.4, -0.2) is 68.0 Å². The minimum absolute atomic E-state index is 0. The highest BCUT2D eigenvalue weighted by Crippen LogP contribution is 2.51. The van der Waals surface area contributed by atoms with Crippen LogP contribution in [0.2, 0.25) is 0 Å². The van der Waals surface area contributed by atoms with Crippen molar-refractivity contribution in [1.82, 2.24) is 15.5 Å². The Morgan fingerprint density at radius 1 is 1.27 bits per heavy atom. The lowest BCUT2D eigenvalue weighted by atomic mass is 9.56. The fourth-order valence-corrected chi connectivity index (χ4v) is 3.72. The molecule has 0 aromatic heterocycles. The first-order valence-electron chi connectivity index (χ1n) is 8.92. The molecule has 1 aliphatic carbocycles. The summed E-state index contributed by atoms with van der Waals surface area (Å²) in [6.45, 7) is 8.95. The Hall–Kier alpha value is -0.290. The first kappa shape index (κ1) is 23.7. The van der Waals surface area contributed by atoms with Crippen molar-refractivity contribution in [2.45, 2.75) is 64.4 Å². The summed E-state index contributed by atoms with van der Waals surface area (Å²) in [5.74, 6) is 0.678. The van der Waals surface area contributed by atoms with Crippen LogP contribution in [0.1, 0.15) is 40.5 Å². The molecule has 1 saturated carbocycles. The van der Waals surface area contributed by atoms with Gasteiger partial charge >= 0.3 is 6.18 Å². The van der Waals surface area contributed by atoms with E-state index in [2.05, 4.69) is 36.4 Å². The van der Waals surface area contributed by atoms with Crippen molar-refractivity contribution in [2.24, 2.45) is 10.4 Å². The van der Waals surface area contributed by atoms with Crippen molar-refractivity contribution in [1.29, 1.82) is 0 Å². The van der Waals surface area contributed by atoms with Crippen LogP contribution in [0.4, 0.5) is 13.2 Å². The monoisotopic (exact) mass is 492 g/mol. The standard InChI is InChI=1S/C17H31F3N4O.HI/c1-6-21-14(23-13-9-16(4,25-5)15(13,2)3)22-12-7-8-24(10-12)11-17(18,19)20;/h12-13H,6-11H2,1-5H3,(H2,21,22,23);1H. The minimum atomic E-state index is -4.14. The van der Waals surface area contributed by atoms with Gasteiger partial charge in [-0.05, 0) is 26.7 Å². The average Bonchev–Trinajstić information content (AvgIpc) is 2.91. The molecule has 154 valence electrons. The van der Waals surface area contributed by atoms with Gasteiger partial charge in [-0.25, -0.2) is 0 Å². The molecule has 26 heavy (non-hydrogen) atoms. The van der Waals surface area contributed by atoms with Gasteiger partial charge in [-0.1, -0.05) is 13.8 Å². The van der Waals surface area contributed by atoms with E-state index in [0.717, 1.165) is 6.42 Å². The number of ether oxygens (including phenoxy) is 1. The molecule has 2 N–H and O–H groups in total. The van der Waals surface area contributed by atoms with E-state index in [1.54, 1.807) is 7.11 Å². The van der Waals surface area contributed by atoms with Gasteiger partial charge in [0.15, 0.2) is 5.96 Å². The topological polar surface area (TPSA) is 48.9 Å². The van der Waals surface area contributed by atoms with E-state index in [1.165, 1.54) is 4.90 Å². The van der Waals surface area contributed by atoms with Crippen LogP contribution in [0.5, 0.6) is 0 Å². The third kappa shape index (κ3) is 5.37. The summed E-state index contributed by atoms with van der Waals surface area (Å²) in [6, 6.07) is 0.195. The summed E-state index contributed by atoms with van der Waals surface area (Å²) < 4.78 is 43.2. The number of alkyl halides is 3. The molecule has 0 aromatic carbocycles. The Morgan fingerprint density at radius 2 is 1.92 bits per heavy atom. The maximum atomic E-state index is 12.5. The van der Waals surface area contributed by atoms with E-state index in [1.807, 2.05) is 6.92 Å². The molecule has 1 heterocycles. The normalized spacial score (nSPS) is 31.9. The molecule has 3 atom stereocenters. The molecule has 0 amide bonds. The third-order valence-electron chi connectivity index (χ3n) is 5.92. The van der Waals surface area contributed by atoms with Crippen LogP contribution < -0.4 is 10.6 Å². The van der Waals surface area contributed by atoms with Crippen LogP contribution >= 0.6 is 24.0 Å². The first-order valence-corrected chi connectivity index (χ1v) is 8.92. The van der Waals surface area contributed by atoms with E-state index < -0.39 is 12.7 Å². The van der Waals surface area contributed by atoms with Crippen LogP contribution in [-0.2, 0) is 4.74 Å². The molecule has 0 radical (unpaired) electrons. The predicted molar refractivity (Wildman–Crippen MR) is 108 cm³/mol. The van der Waals surface area contributed by atoms with Crippen molar-refractivity contribution >= 4 is 29.9 Å². The summed E-state index contributed by atoms with van der Waals surface area (Å²) in [5.41, 5.74) is -0.241. The molecule has 1 aliphatic heterocycles. The van der Waals surface area contributed by atoms with E-state index in [-0.39, 0.29) is 47.1 Å². The maximum Gasteiger partial charge on any atom is 0.401 e. The number of nitrogens with one attached hydrogen (secondary N) is 2. The third-order valence-corrected chi connectivity index (χ3v) is 5.92. The molecule has 0 spiro atoms. The summed E-state index contributed by atoms with van der Waals surface area (Å²) >= 11 is 0. The zero-order chi connectivity index (χ0) is 18.9. The zero-order valence-electron chi connectivity index (χ0n) is 16.2. The molecule has 3 unspecified atom stereocenters. The molecule has 5 nitrogen and oxygen atoms in total. The first-order chi connectivity index (χ1) is 11.5. The lowest BCUT2D eigenvalue weighted by molar-refractivity contribution is -0.176. The SMILES string of the molecule is CCN=C(NC1CCN(CC(F)(F)F)C1)NC1CC(C)(OC)C1(C)C.I. The molecule has 0 aromatic rings. The zero-order valence-corrected chi connectivity index (χ0v) is 18.6. The van der Waals surface area contributed by atoms with Crippen molar-refractivity contribution in [3.8, 4) is 0 Å². The number of hydrogen-bond donors (Lipinski definition) is 2. The van der Waals surface area contributed by atoms with Gasteiger partial charge in [0.2, 0.25) is 0 Å². The highest BCUT2D eigenvalue weighted by Gasteiger charge is 2.58. The summed E-state index contributed by atoms with van der Waals surface area (Å²) in [4.78, 5) is 5.90. The number of nitrogens with zero attached hydrogens (tertiary/aromatic N) is 2. The number of aliphatic imine (C=N–C) groups is 1. The van der Waals surface area contributed by atoms with Gasteiger partial charge in [-0.2, -0.15) is 13.2 Å². The van der Waals surface area contributed by atoms with E-state index in [0.29, 0.717) is 32.0 Å². The lowest BCUT2D eigenvalue weighted by Crippen LogP contribution is -2.69. The van der Waals surface area contributed by atoms with E-state index in [9.17, 15) is 13.2 Å². The van der Waals surface area contributed by atoms with Gasteiger partial charge in [0.1, 0.15) is 0 Å². The summed E-state index contributed by atoms with van der Waals surface area (Å²) in [5, 5.41) is 6.75. The minimum Gasteiger partial charge on any atom is -0.378 e. The van der Waals surface area contributed by atoms with Gasteiger partial charge in [0.05, 0.1) is 12.1 Å². The van der Waals surface area contributed by atoms with Gasteiger partial charge < -0.3 is 15.4 Å². The number of likely N-dealkylation sites (tertiary alicyclic amines) is 1. The Kier molecular flexibility index (Phi) is 8.05. The molecule has 2 aliphatic rings. The number of methoxy groups -OCH3 is 1. The number of halogens is 4. The van der Waals surface area contributed by atoms with Crippen molar-refractivity contribution in [3.63, 3.8) is 0 Å². The predicted octanol–water partition coefficient (Wildman–Crippen LogP) is 3.00. The highest BCUT2D eigenvalue weighted by molar-refractivity contribution is 14.0. The van der Waals surface area contributed by atoms with E-state index in [4.69, 9.17) is 4.74 Å². The molecule has 2 fully saturated rings. The summed E-state index contributed by atoms with van der Waals surface area (Å²) in [6.07, 6.45) is -2.59. The molecule has 1 saturated heterocycles. The average molecular weight is 492 g/mol. The molecule has 9 heteroatoms. The van der Waals surface area contributed by atoms with Gasteiger partial charge in [-0.15, -0.1) is 24.0 Å². The molecule has 2 rings (SSSR count). The largest absolute Gasteiger partial charge is 0.401 e. The van der Waals surface area contributed by atoms with Crippen molar-refractivity contribution < 1.29 is 17.9 Å². The van der Waals surface area contributed by atoms with Gasteiger partial charge in [0, 0.05) is 44.2 Å². The Morgan fingerprint density at radius 3 is 2.42 bits per heavy atom. The van der Waals surface area contributed by atoms with Crippen LogP contribution in [0.3, 0.4) is 0 Å². The number of hydrogen-bond acceptors (Lipinski definition) is 3. The number of guanidine groups is 1. The second-order valence-corrected chi connectivity index (χ2v) is 7.86. The molecular formula is C17H32F3IN4O. The van der Waals surface area contributed by atoms with Crippen LogP contribution in [0, 0.1) is 5.41 Å². The van der Waals surface area contributed by atoms with E-state index >= 15 is 0 Å². The lowest BCUT2D eigenvalue weighted by Gasteiger charge is -2.59. The Bertz CT molecular complexity index is 501. The second kappa shape index (κ2) is 8.81. The van der Waals surface area contributed by atoms with Crippen LogP contribution in [0.25, 0.3) is 0 Å². The molecular weight excluding hydrogens is 460 g/mol. The van der Waals surface area contributed by atoms with Gasteiger partial charge in [0.25, 0.3) is 0 Å². The highest BCUT2D eigenvalue weighted by atomic mass is 127.